The number of benzene rings is 2. The number of halogens is 1. The van der Waals surface area contributed by atoms with E-state index in [1.54, 1.807) is 11.8 Å². The van der Waals surface area contributed by atoms with Crippen LogP contribution in [0, 0.1) is 5.82 Å². The smallest absolute Gasteiger partial charge is 0.335 e. The number of carbonyl (C=O) groups is 1. The molecule has 1 N–H and O–H groups in total. The monoisotopic (exact) mass is 308 g/mol. The van der Waals surface area contributed by atoms with Gasteiger partial charge >= 0.3 is 5.97 Å². The lowest BCUT2D eigenvalue weighted by molar-refractivity contribution is 0.0696. The predicted octanol–water partition coefficient (Wildman–Crippen LogP) is 4.54. The summed E-state index contributed by atoms with van der Waals surface area (Å²) in [6.45, 7) is 0. The van der Waals surface area contributed by atoms with Crippen molar-refractivity contribution >= 4 is 29.5 Å². The Morgan fingerprint density at radius 2 is 1.90 bits per heavy atom. The zero-order valence-corrected chi connectivity index (χ0v) is 12.4. The van der Waals surface area contributed by atoms with Crippen molar-refractivity contribution in [1.29, 1.82) is 0 Å². The Balaban J connectivity index is 2.09. The molecule has 2 nitrogen and oxygen atoms in total. The first kappa shape index (κ1) is 14.9. The second-order valence-corrected chi connectivity index (χ2v) is 5.98. The molecule has 20 heavy (non-hydrogen) atoms. The second kappa shape index (κ2) is 6.81. The Hall–Kier alpha value is -1.46. The topological polar surface area (TPSA) is 37.3 Å². The van der Waals surface area contributed by atoms with Gasteiger partial charge in [0, 0.05) is 15.5 Å². The molecule has 2 aromatic carbocycles. The van der Waals surface area contributed by atoms with E-state index >= 15 is 0 Å². The molecule has 0 fully saturated rings. The fourth-order valence-corrected chi connectivity index (χ4v) is 2.97. The minimum Gasteiger partial charge on any atom is -0.478 e. The number of hydrogen-bond acceptors (Lipinski definition) is 3. The average molecular weight is 308 g/mol. The Bertz CT molecular complexity index is 612. The average Bonchev–Trinajstić information content (AvgIpc) is 2.46. The Morgan fingerprint density at radius 1 is 1.20 bits per heavy atom. The minimum absolute atomic E-state index is 0.103. The summed E-state index contributed by atoms with van der Waals surface area (Å²) < 4.78 is 13.6. The number of hydrogen-bond donors (Lipinski definition) is 1. The maximum Gasteiger partial charge on any atom is 0.335 e. The zero-order chi connectivity index (χ0) is 14.5. The highest BCUT2D eigenvalue weighted by Gasteiger charge is 2.09. The van der Waals surface area contributed by atoms with Crippen LogP contribution in [-0.4, -0.2) is 17.3 Å². The third kappa shape index (κ3) is 3.77. The van der Waals surface area contributed by atoms with Crippen molar-refractivity contribution in [3.63, 3.8) is 0 Å². The van der Waals surface area contributed by atoms with Gasteiger partial charge in [-0.3, -0.25) is 0 Å². The van der Waals surface area contributed by atoms with Gasteiger partial charge in [-0.1, -0.05) is 12.1 Å². The fraction of sp³-hybridized carbons (Fsp3) is 0.133. The van der Waals surface area contributed by atoms with Crippen molar-refractivity contribution in [2.75, 3.05) is 6.26 Å². The summed E-state index contributed by atoms with van der Waals surface area (Å²) in [5.41, 5.74) is 1.18. The summed E-state index contributed by atoms with van der Waals surface area (Å²) in [7, 11) is 0. The highest BCUT2D eigenvalue weighted by molar-refractivity contribution is 7.98. The van der Waals surface area contributed by atoms with Crippen molar-refractivity contribution in [3.8, 4) is 0 Å². The molecular formula is C15H13FO2S2. The van der Waals surface area contributed by atoms with E-state index in [-0.39, 0.29) is 11.4 Å². The molecule has 0 radical (unpaired) electrons. The molecule has 0 saturated heterocycles. The van der Waals surface area contributed by atoms with Crippen molar-refractivity contribution < 1.29 is 14.3 Å². The van der Waals surface area contributed by atoms with Gasteiger partial charge in [-0.05, 0) is 42.2 Å². The molecule has 0 unspecified atom stereocenters. The molecule has 2 rings (SSSR count). The SMILES string of the molecule is CSc1ccc(CSc2cc(C(=O)O)ccc2F)cc1. The molecule has 5 heteroatoms. The second-order valence-electron chi connectivity index (χ2n) is 4.09. The molecule has 0 aliphatic rings. The maximum atomic E-state index is 13.6. The van der Waals surface area contributed by atoms with E-state index in [0.29, 0.717) is 10.6 Å². The van der Waals surface area contributed by atoms with Crippen molar-refractivity contribution in [2.45, 2.75) is 15.5 Å². The molecule has 0 spiro atoms. The fourth-order valence-electron chi connectivity index (χ4n) is 1.63. The summed E-state index contributed by atoms with van der Waals surface area (Å²) in [6.07, 6.45) is 2.01. The predicted molar refractivity (Wildman–Crippen MR) is 81.1 cm³/mol. The summed E-state index contributed by atoms with van der Waals surface area (Å²) in [5.74, 6) is -0.828. The van der Waals surface area contributed by atoms with Gasteiger partial charge < -0.3 is 5.11 Å². The van der Waals surface area contributed by atoms with Crippen LogP contribution in [0.4, 0.5) is 4.39 Å². The largest absolute Gasteiger partial charge is 0.478 e. The Labute approximate surface area is 125 Å². The van der Waals surface area contributed by atoms with Crippen molar-refractivity contribution in [1.82, 2.24) is 0 Å². The standard InChI is InChI=1S/C15H13FO2S2/c1-19-12-5-2-10(3-6-12)9-20-14-8-11(15(17)18)4-7-13(14)16/h2-8H,9H2,1H3,(H,17,18). The molecule has 0 heterocycles. The lowest BCUT2D eigenvalue weighted by Crippen LogP contribution is -1.97. The van der Waals surface area contributed by atoms with E-state index in [0.717, 1.165) is 5.56 Å². The van der Waals surface area contributed by atoms with Crippen molar-refractivity contribution in [2.24, 2.45) is 0 Å². The third-order valence-corrected chi connectivity index (χ3v) is 4.58. The van der Waals surface area contributed by atoms with E-state index in [2.05, 4.69) is 0 Å². The summed E-state index contributed by atoms with van der Waals surface area (Å²) in [5, 5.41) is 8.91. The third-order valence-electron chi connectivity index (χ3n) is 2.73. The molecule has 0 amide bonds. The molecular weight excluding hydrogens is 295 g/mol. The molecule has 0 aliphatic carbocycles. The molecule has 2 aromatic rings. The van der Waals surface area contributed by atoms with E-state index in [4.69, 9.17) is 5.11 Å². The van der Waals surface area contributed by atoms with E-state index in [9.17, 15) is 9.18 Å². The van der Waals surface area contributed by atoms with E-state index in [1.807, 2.05) is 30.5 Å². The van der Waals surface area contributed by atoms with Crippen LogP contribution in [0.1, 0.15) is 15.9 Å². The molecule has 0 aromatic heterocycles. The summed E-state index contributed by atoms with van der Waals surface area (Å²) >= 11 is 2.97. The van der Waals surface area contributed by atoms with Crippen LogP contribution in [0.15, 0.2) is 52.3 Å². The lowest BCUT2D eigenvalue weighted by atomic mass is 10.2. The van der Waals surface area contributed by atoms with Crippen molar-refractivity contribution in [3.05, 3.63) is 59.4 Å². The van der Waals surface area contributed by atoms with Crippen LogP contribution >= 0.6 is 23.5 Å². The van der Waals surface area contributed by atoms with Gasteiger partial charge in [0.2, 0.25) is 0 Å². The first-order valence-electron chi connectivity index (χ1n) is 5.88. The summed E-state index contributed by atoms with van der Waals surface area (Å²) in [4.78, 5) is 12.4. The van der Waals surface area contributed by atoms with Gasteiger partial charge in [0.05, 0.1) is 5.56 Å². The number of rotatable bonds is 5. The maximum absolute atomic E-state index is 13.6. The normalized spacial score (nSPS) is 10.5. The first-order chi connectivity index (χ1) is 9.60. The number of carboxylic acids is 1. The van der Waals surface area contributed by atoms with Gasteiger partial charge in [-0.25, -0.2) is 9.18 Å². The van der Waals surface area contributed by atoms with E-state index in [1.165, 1.54) is 34.9 Å². The Kier molecular flexibility index (Phi) is 5.09. The molecule has 0 saturated carbocycles. The molecule has 104 valence electrons. The van der Waals surface area contributed by atoms with Gasteiger partial charge in [-0.15, -0.1) is 23.5 Å². The Morgan fingerprint density at radius 3 is 2.50 bits per heavy atom. The van der Waals surface area contributed by atoms with Gasteiger partial charge in [-0.2, -0.15) is 0 Å². The molecule has 0 aliphatic heterocycles. The number of thioether (sulfide) groups is 2. The van der Waals surface area contributed by atoms with Crippen LogP contribution < -0.4 is 0 Å². The first-order valence-corrected chi connectivity index (χ1v) is 8.10. The lowest BCUT2D eigenvalue weighted by Gasteiger charge is -2.05. The zero-order valence-electron chi connectivity index (χ0n) is 10.8. The highest BCUT2D eigenvalue weighted by Crippen LogP contribution is 2.27. The molecule has 0 atom stereocenters. The highest BCUT2D eigenvalue weighted by atomic mass is 32.2. The number of carboxylic acid groups (broad SMARTS) is 1. The van der Waals surface area contributed by atoms with Gasteiger partial charge in [0.25, 0.3) is 0 Å². The summed E-state index contributed by atoms with van der Waals surface area (Å²) in [6, 6.07) is 11.9. The van der Waals surface area contributed by atoms with E-state index < -0.39 is 5.97 Å². The van der Waals surface area contributed by atoms with Gasteiger partial charge in [0.15, 0.2) is 0 Å². The number of aromatic carboxylic acids is 1. The van der Waals surface area contributed by atoms with Crippen LogP contribution in [-0.2, 0) is 5.75 Å². The van der Waals surface area contributed by atoms with Crippen LogP contribution in [0.5, 0.6) is 0 Å². The molecule has 0 bridgehead atoms. The quantitative estimate of drug-likeness (QED) is 0.823. The van der Waals surface area contributed by atoms with Gasteiger partial charge in [0.1, 0.15) is 5.82 Å². The van der Waals surface area contributed by atoms with Crippen LogP contribution in [0.25, 0.3) is 0 Å². The van der Waals surface area contributed by atoms with Crippen LogP contribution in [0.3, 0.4) is 0 Å². The van der Waals surface area contributed by atoms with Crippen LogP contribution in [0.2, 0.25) is 0 Å². The minimum atomic E-state index is -1.05.